The number of nitrogen functional groups attached to an aromatic ring is 1. The van der Waals surface area contributed by atoms with Gasteiger partial charge in [0.25, 0.3) is 5.91 Å². The molecule has 0 aliphatic rings. The Morgan fingerprint density at radius 1 is 1.04 bits per heavy atom. The third-order valence-electron chi connectivity index (χ3n) is 3.54. The molecule has 0 aliphatic carbocycles. The zero-order valence-electron chi connectivity index (χ0n) is 14.5. The first kappa shape index (κ1) is 20.4. The monoisotopic (exact) mass is 350 g/mol. The van der Waals surface area contributed by atoms with Crippen molar-refractivity contribution in [1.82, 2.24) is 15.7 Å². The molecule has 0 unspecified atom stereocenters. The highest BCUT2D eigenvalue weighted by Gasteiger charge is 2.09. The Morgan fingerprint density at radius 2 is 1.64 bits per heavy atom. The number of nitrogens with two attached hydrogens (primary N) is 1. The Kier molecular flexibility index (Phi) is 9.02. The predicted molar refractivity (Wildman–Crippen MR) is 93.8 cm³/mol. The number of nitrogens with one attached hydrogen (secondary N) is 2. The number of hydrogen-bond acceptors (Lipinski definition) is 5. The normalized spacial score (nSPS) is 10.2. The molecule has 0 atom stereocenters. The minimum Gasteiger partial charge on any atom is -0.399 e. The van der Waals surface area contributed by atoms with Crippen LogP contribution in [0.2, 0.25) is 0 Å². The lowest BCUT2D eigenvalue weighted by molar-refractivity contribution is -0.164. The molecule has 0 aliphatic heterocycles. The number of nitrogens with zero attached hydrogens (tertiary/aromatic N) is 1. The van der Waals surface area contributed by atoms with Gasteiger partial charge in [0.15, 0.2) is 0 Å². The van der Waals surface area contributed by atoms with E-state index in [-0.39, 0.29) is 30.7 Å². The van der Waals surface area contributed by atoms with E-state index in [0.717, 1.165) is 0 Å². The molecule has 0 aromatic heterocycles. The number of unbranched alkanes of at least 4 members (excludes halogenated alkanes) is 1. The Hall–Kier alpha value is -2.61. The molecule has 1 aromatic rings. The summed E-state index contributed by atoms with van der Waals surface area (Å²) in [5.41, 5.74) is 6.66. The van der Waals surface area contributed by atoms with Gasteiger partial charge in [0.05, 0.1) is 0 Å². The van der Waals surface area contributed by atoms with Crippen molar-refractivity contribution in [2.24, 2.45) is 0 Å². The van der Waals surface area contributed by atoms with E-state index < -0.39 is 0 Å². The molecule has 0 bridgehead atoms. The standard InChI is InChI=1S/C17H26N4O4/c1-2-21(25)16(23)6-4-3-5-15(22)19-11-12-20-17(24)13-7-9-14(18)10-8-13/h7-10,25H,2-6,11-12,18H2,1H3,(H,19,22)(H,20,24). The van der Waals surface area contributed by atoms with Gasteiger partial charge in [0.1, 0.15) is 0 Å². The van der Waals surface area contributed by atoms with Crippen LogP contribution in [0, 0.1) is 0 Å². The fraction of sp³-hybridized carbons (Fsp3) is 0.471. The lowest BCUT2D eigenvalue weighted by Crippen LogP contribution is -2.34. The molecule has 0 saturated carbocycles. The maximum absolute atomic E-state index is 11.8. The minimum atomic E-state index is -0.340. The Morgan fingerprint density at radius 3 is 2.28 bits per heavy atom. The van der Waals surface area contributed by atoms with Crippen LogP contribution in [0.15, 0.2) is 24.3 Å². The molecule has 5 N–H and O–H groups in total. The molecule has 8 nitrogen and oxygen atoms in total. The van der Waals surface area contributed by atoms with Crippen LogP contribution in [0.4, 0.5) is 5.69 Å². The van der Waals surface area contributed by atoms with Gasteiger partial charge in [-0.3, -0.25) is 19.6 Å². The van der Waals surface area contributed by atoms with E-state index in [0.29, 0.717) is 48.7 Å². The summed E-state index contributed by atoms with van der Waals surface area (Å²) < 4.78 is 0. The van der Waals surface area contributed by atoms with Crippen molar-refractivity contribution in [3.8, 4) is 0 Å². The van der Waals surface area contributed by atoms with Crippen molar-refractivity contribution in [2.75, 3.05) is 25.4 Å². The number of rotatable bonds is 10. The summed E-state index contributed by atoms with van der Waals surface area (Å²) >= 11 is 0. The minimum absolute atomic E-state index is 0.134. The molecular weight excluding hydrogens is 324 g/mol. The van der Waals surface area contributed by atoms with E-state index in [1.165, 1.54) is 0 Å². The second-order valence-electron chi connectivity index (χ2n) is 5.54. The summed E-state index contributed by atoms with van der Waals surface area (Å²) in [5.74, 6) is -0.698. The summed E-state index contributed by atoms with van der Waals surface area (Å²) in [7, 11) is 0. The van der Waals surface area contributed by atoms with Gasteiger partial charge in [-0.25, -0.2) is 5.06 Å². The number of anilines is 1. The number of benzene rings is 1. The van der Waals surface area contributed by atoms with E-state index >= 15 is 0 Å². The maximum Gasteiger partial charge on any atom is 0.251 e. The smallest absolute Gasteiger partial charge is 0.251 e. The van der Waals surface area contributed by atoms with Crippen molar-refractivity contribution in [3.63, 3.8) is 0 Å². The van der Waals surface area contributed by atoms with Crippen LogP contribution in [0.1, 0.15) is 43.0 Å². The highest BCUT2D eigenvalue weighted by atomic mass is 16.5. The molecule has 1 rings (SSSR count). The van der Waals surface area contributed by atoms with Crippen molar-refractivity contribution in [2.45, 2.75) is 32.6 Å². The highest BCUT2D eigenvalue weighted by molar-refractivity contribution is 5.94. The third-order valence-corrected chi connectivity index (χ3v) is 3.54. The van der Waals surface area contributed by atoms with Gasteiger partial charge in [-0.1, -0.05) is 0 Å². The molecule has 138 valence electrons. The first-order chi connectivity index (χ1) is 11.9. The summed E-state index contributed by atoms with van der Waals surface area (Å²) in [4.78, 5) is 34.8. The van der Waals surface area contributed by atoms with Gasteiger partial charge in [-0.15, -0.1) is 0 Å². The third kappa shape index (κ3) is 8.16. The number of carbonyl (C=O) groups is 3. The first-order valence-corrected chi connectivity index (χ1v) is 8.33. The first-order valence-electron chi connectivity index (χ1n) is 8.33. The van der Waals surface area contributed by atoms with Crippen molar-refractivity contribution >= 4 is 23.4 Å². The lowest BCUT2D eigenvalue weighted by atomic mass is 10.2. The van der Waals surface area contributed by atoms with E-state index in [4.69, 9.17) is 5.73 Å². The second kappa shape index (κ2) is 11.0. The Bertz CT molecular complexity index is 575. The number of hydrogen-bond donors (Lipinski definition) is 4. The topological polar surface area (TPSA) is 125 Å². The Labute approximate surface area is 147 Å². The fourth-order valence-corrected chi connectivity index (χ4v) is 2.07. The van der Waals surface area contributed by atoms with Crippen LogP contribution in [0.5, 0.6) is 0 Å². The second-order valence-corrected chi connectivity index (χ2v) is 5.54. The molecule has 8 heteroatoms. The van der Waals surface area contributed by atoms with Crippen LogP contribution < -0.4 is 16.4 Å². The van der Waals surface area contributed by atoms with Gasteiger partial charge >= 0.3 is 0 Å². The summed E-state index contributed by atoms with van der Waals surface area (Å²) in [6.45, 7) is 2.58. The van der Waals surface area contributed by atoms with Crippen LogP contribution >= 0.6 is 0 Å². The summed E-state index contributed by atoms with van der Waals surface area (Å²) in [5, 5.41) is 15.3. The lowest BCUT2D eigenvalue weighted by Gasteiger charge is -2.11. The maximum atomic E-state index is 11.8. The van der Waals surface area contributed by atoms with Crippen LogP contribution in [0.3, 0.4) is 0 Å². The predicted octanol–water partition coefficient (Wildman–Crippen LogP) is 0.913. The fourth-order valence-electron chi connectivity index (χ4n) is 2.07. The van der Waals surface area contributed by atoms with E-state index in [9.17, 15) is 19.6 Å². The molecule has 25 heavy (non-hydrogen) atoms. The van der Waals surface area contributed by atoms with Crippen molar-refractivity contribution < 1.29 is 19.6 Å². The van der Waals surface area contributed by atoms with E-state index in [2.05, 4.69) is 10.6 Å². The molecule has 0 spiro atoms. The molecule has 0 saturated heterocycles. The average Bonchev–Trinajstić information content (AvgIpc) is 2.61. The van der Waals surface area contributed by atoms with Gasteiger partial charge in [0.2, 0.25) is 11.8 Å². The molecule has 3 amide bonds. The van der Waals surface area contributed by atoms with Crippen molar-refractivity contribution in [3.05, 3.63) is 29.8 Å². The number of amides is 3. The number of hydroxylamine groups is 2. The average molecular weight is 350 g/mol. The van der Waals surface area contributed by atoms with E-state index in [1.54, 1.807) is 31.2 Å². The van der Waals surface area contributed by atoms with E-state index in [1.807, 2.05) is 0 Å². The SMILES string of the molecule is CCN(O)C(=O)CCCCC(=O)NCCNC(=O)c1ccc(N)cc1. The van der Waals surface area contributed by atoms with Gasteiger partial charge in [-0.05, 0) is 44.0 Å². The van der Waals surface area contributed by atoms with Crippen LogP contribution in [-0.2, 0) is 9.59 Å². The summed E-state index contributed by atoms with van der Waals surface area (Å²) in [6, 6.07) is 6.57. The molecule has 0 radical (unpaired) electrons. The quantitative estimate of drug-likeness (QED) is 0.216. The number of carbonyl (C=O) groups excluding carboxylic acids is 3. The zero-order chi connectivity index (χ0) is 18.7. The highest BCUT2D eigenvalue weighted by Crippen LogP contribution is 2.05. The molecule has 0 fully saturated rings. The van der Waals surface area contributed by atoms with Crippen LogP contribution in [0.25, 0.3) is 0 Å². The van der Waals surface area contributed by atoms with Crippen LogP contribution in [-0.4, -0.2) is 47.6 Å². The van der Waals surface area contributed by atoms with Crippen molar-refractivity contribution in [1.29, 1.82) is 0 Å². The Balaban J connectivity index is 2.09. The summed E-state index contributed by atoms with van der Waals surface area (Å²) in [6.07, 6.45) is 1.62. The van der Waals surface area contributed by atoms with Gasteiger partial charge in [-0.2, -0.15) is 0 Å². The molecule has 1 aromatic carbocycles. The van der Waals surface area contributed by atoms with Gasteiger partial charge in [0, 0.05) is 43.7 Å². The van der Waals surface area contributed by atoms with Gasteiger partial charge < -0.3 is 16.4 Å². The molecule has 0 heterocycles. The molecular formula is C17H26N4O4. The largest absolute Gasteiger partial charge is 0.399 e. The zero-order valence-corrected chi connectivity index (χ0v) is 14.5.